The molecule has 0 radical (unpaired) electrons. The maximum atomic E-state index is 10.0. The predicted octanol–water partition coefficient (Wildman–Crippen LogP) is 3.43. The Kier molecular flexibility index (Phi) is 7.54. The molecule has 0 spiro atoms. The van der Waals surface area contributed by atoms with Crippen LogP contribution in [0.1, 0.15) is 44.2 Å². The summed E-state index contributed by atoms with van der Waals surface area (Å²) in [5.74, 6) is 0.830. The van der Waals surface area contributed by atoms with E-state index >= 15 is 0 Å². The maximum Gasteiger partial charge on any atom is 0.0900 e. The Morgan fingerprint density at radius 2 is 1.83 bits per heavy atom. The third kappa shape index (κ3) is 7.03. The van der Waals surface area contributed by atoms with Crippen molar-refractivity contribution in [2.75, 3.05) is 26.2 Å². The summed E-state index contributed by atoms with van der Waals surface area (Å²) >= 11 is 0. The average Bonchev–Trinajstić information content (AvgIpc) is 2.54. The summed E-state index contributed by atoms with van der Waals surface area (Å²) in [7, 11) is 0. The molecule has 130 valence electrons. The Morgan fingerprint density at radius 1 is 1.17 bits per heavy atom. The quantitative estimate of drug-likeness (QED) is 0.797. The zero-order chi connectivity index (χ0) is 16.7. The van der Waals surface area contributed by atoms with Crippen molar-refractivity contribution in [3.63, 3.8) is 0 Å². The van der Waals surface area contributed by atoms with Crippen LogP contribution in [0.4, 0.5) is 0 Å². The molecule has 23 heavy (non-hydrogen) atoms. The Balaban J connectivity index is 1.62. The number of benzene rings is 1. The summed E-state index contributed by atoms with van der Waals surface area (Å²) in [5.41, 5.74) is 2.79. The van der Waals surface area contributed by atoms with E-state index in [1.165, 1.54) is 36.8 Å². The first-order valence-electron chi connectivity index (χ1n) is 9.10. The van der Waals surface area contributed by atoms with Crippen LogP contribution in [0.3, 0.4) is 0 Å². The van der Waals surface area contributed by atoms with Crippen LogP contribution in [0, 0.1) is 12.8 Å². The number of rotatable bonds is 8. The molecule has 0 amide bonds. The van der Waals surface area contributed by atoms with Crippen LogP contribution in [0.15, 0.2) is 24.3 Å². The van der Waals surface area contributed by atoms with Crippen LogP contribution < -0.4 is 0 Å². The van der Waals surface area contributed by atoms with Gasteiger partial charge in [-0.05, 0) is 71.0 Å². The Hall–Kier alpha value is -0.900. The minimum Gasteiger partial charge on any atom is -0.389 e. The molecular weight excluding hydrogens is 286 g/mol. The van der Waals surface area contributed by atoms with Crippen molar-refractivity contribution in [1.82, 2.24) is 4.90 Å². The summed E-state index contributed by atoms with van der Waals surface area (Å²) in [5, 5.41) is 10.0. The normalized spacial score (nSPS) is 18.5. The third-order valence-electron chi connectivity index (χ3n) is 4.76. The smallest absolute Gasteiger partial charge is 0.0900 e. The van der Waals surface area contributed by atoms with E-state index in [1.54, 1.807) is 0 Å². The SMILES string of the molecule is Cc1ccc(CCC2CCN(CC(O)COC(C)C)CC2)cc1. The molecule has 3 nitrogen and oxygen atoms in total. The summed E-state index contributed by atoms with van der Waals surface area (Å²) in [6.07, 6.45) is 4.82. The third-order valence-corrected chi connectivity index (χ3v) is 4.76. The second kappa shape index (κ2) is 9.41. The van der Waals surface area contributed by atoms with Crippen molar-refractivity contribution in [1.29, 1.82) is 0 Å². The molecule has 2 rings (SSSR count). The summed E-state index contributed by atoms with van der Waals surface area (Å²) in [4.78, 5) is 2.39. The van der Waals surface area contributed by atoms with Gasteiger partial charge < -0.3 is 14.7 Å². The van der Waals surface area contributed by atoms with Gasteiger partial charge in [0.25, 0.3) is 0 Å². The molecule has 3 heteroatoms. The number of β-amino-alcohol motifs (C(OH)–C–C–N with tert-alkyl or cyclic N) is 1. The average molecular weight is 319 g/mol. The van der Waals surface area contributed by atoms with E-state index in [2.05, 4.69) is 36.1 Å². The van der Waals surface area contributed by atoms with Gasteiger partial charge in [0, 0.05) is 6.54 Å². The van der Waals surface area contributed by atoms with E-state index in [4.69, 9.17) is 4.74 Å². The standard InChI is InChI=1S/C20H33NO2/c1-16(2)23-15-20(22)14-21-12-10-19(11-13-21)9-8-18-6-4-17(3)5-7-18/h4-7,16,19-20,22H,8-15H2,1-3H3. The lowest BCUT2D eigenvalue weighted by Gasteiger charge is -2.33. The number of aliphatic hydroxyl groups is 1. The topological polar surface area (TPSA) is 32.7 Å². The molecule has 1 aromatic rings. The van der Waals surface area contributed by atoms with E-state index in [0.717, 1.165) is 25.6 Å². The molecule has 0 aliphatic carbocycles. The highest BCUT2D eigenvalue weighted by Crippen LogP contribution is 2.22. The molecule has 1 unspecified atom stereocenters. The number of aryl methyl sites for hydroxylation is 2. The second-order valence-electron chi connectivity index (χ2n) is 7.30. The Labute approximate surface area is 141 Å². The fraction of sp³-hybridized carbons (Fsp3) is 0.700. The number of hydrogen-bond donors (Lipinski definition) is 1. The number of ether oxygens (including phenoxy) is 1. The van der Waals surface area contributed by atoms with Crippen molar-refractivity contribution in [2.45, 2.75) is 58.7 Å². The number of hydrogen-bond acceptors (Lipinski definition) is 3. The van der Waals surface area contributed by atoms with E-state index in [-0.39, 0.29) is 12.2 Å². The van der Waals surface area contributed by atoms with E-state index in [1.807, 2.05) is 13.8 Å². The first-order chi connectivity index (χ1) is 11.0. The highest BCUT2D eigenvalue weighted by atomic mass is 16.5. The van der Waals surface area contributed by atoms with Gasteiger partial charge in [-0.15, -0.1) is 0 Å². The van der Waals surface area contributed by atoms with Gasteiger partial charge in [-0.25, -0.2) is 0 Å². The number of aliphatic hydroxyl groups excluding tert-OH is 1. The van der Waals surface area contributed by atoms with Gasteiger partial charge in [-0.1, -0.05) is 29.8 Å². The van der Waals surface area contributed by atoms with Crippen LogP contribution in [0.5, 0.6) is 0 Å². The summed E-state index contributed by atoms with van der Waals surface area (Å²) in [6.45, 7) is 9.57. The molecule has 1 heterocycles. The molecule has 1 aliphatic rings. The number of piperidine rings is 1. The first kappa shape index (κ1) is 18.4. The van der Waals surface area contributed by atoms with Gasteiger partial charge in [0.1, 0.15) is 0 Å². The zero-order valence-electron chi connectivity index (χ0n) is 15.0. The largest absolute Gasteiger partial charge is 0.389 e. The van der Waals surface area contributed by atoms with Gasteiger partial charge >= 0.3 is 0 Å². The zero-order valence-corrected chi connectivity index (χ0v) is 15.0. The molecule has 1 atom stereocenters. The highest BCUT2D eigenvalue weighted by molar-refractivity contribution is 5.21. The Morgan fingerprint density at radius 3 is 2.43 bits per heavy atom. The van der Waals surface area contributed by atoms with Crippen LogP contribution in [-0.4, -0.2) is 48.5 Å². The molecule has 1 N–H and O–H groups in total. The lowest BCUT2D eigenvalue weighted by Crippen LogP contribution is -2.40. The summed E-state index contributed by atoms with van der Waals surface area (Å²) < 4.78 is 5.49. The predicted molar refractivity (Wildman–Crippen MR) is 95.8 cm³/mol. The van der Waals surface area contributed by atoms with Crippen molar-refractivity contribution >= 4 is 0 Å². The summed E-state index contributed by atoms with van der Waals surface area (Å²) in [6, 6.07) is 8.93. The van der Waals surface area contributed by atoms with Crippen molar-refractivity contribution in [2.24, 2.45) is 5.92 Å². The molecule has 0 bridgehead atoms. The number of likely N-dealkylation sites (tertiary alicyclic amines) is 1. The lowest BCUT2D eigenvalue weighted by atomic mass is 9.90. The fourth-order valence-corrected chi connectivity index (χ4v) is 3.24. The monoisotopic (exact) mass is 319 g/mol. The molecular formula is C20H33NO2. The van der Waals surface area contributed by atoms with Gasteiger partial charge in [0.05, 0.1) is 18.8 Å². The molecule has 1 aliphatic heterocycles. The molecule has 0 aromatic heterocycles. The van der Waals surface area contributed by atoms with Crippen molar-refractivity contribution in [3.8, 4) is 0 Å². The number of nitrogens with zero attached hydrogens (tertiary/aromatic N) is 1. The van der Waals surface area contributed by atoms with E-state index < -0.39 is 0 Å². The minimum atomic E-state index is -0.360. The van der Waals surface area contributed by atoms with E-state index in [9.17, 15) is 5.11 Å². The van der Waals surface area contributed by atoms with Gasteiger partial charge in [-0.3, -0.25) is 0 Å². The molecule has 1 aromatic carbocycles. The van der Waals surface area contributed by atoms with Crippen LogP contribution in [0.25, 0.3) is 0 Å². The lowest BCUT2D eigenvalue weighted by molar-refractivity contribution is -0.0125. The van der Waals surface area contributed by atoms with Crippen molar-refractivity contribution in [3.05, 3.63) is 35.4 Å². The highest BCUT2D eigenvalue weighted by Gasteiger charge is 2.21. The van der Waals surface area contributed by atoms with Crippen LogP contribution in [-0.2, 0) is 11.2 Å². The fourth-order valence-electron chi connectivity index (χ4n) is 3.24. The maximum absolute atomic E-state index is 10.0. The van der Waals surface area contributed by atoms with Crippen LogP contribution >= 0.6 is 0 Å². The minimum absolute atomic E-state index is 0.192. The van der Waals surface area contributed by atoms with Gasteiger partial charge in [-0.2, -0.15) is 0 Å². The van der Waals surface area contributed by atoms with Crippen molar-refractivity contribution < 1.29 is 9.84 Å². The van der Waals surface area contributed by atoms with E-state index in [0.29, 0.717) is 6.61 Å². The van der Waals surface area contributed by atoms with Gasteiger partial charge in [0.15, 0.2) is 0 Å². The second-order valence-corrected chi connectivity index (χ2v) is 7.30. The van der Waals surface area contributed by atoms with Gasteiger partial charge in [0.2, 0.25) is 0 Å². The first-order valence-corrected chi connectivity index (χ1v) is 9.10. The molecule has 0 saturated carbocycles. The van der Waals surface area contributed by atoms with Crippen LogP contribution in [0.2, 0.25) is 0 Å². The molecule has 1 fully saturated rings. The Bertz CT molecular complexity index is 435. The molecule has 1 saturated heterocycles.